The summed E-state index contributed by atoms with van der Waals surface area (Å²) >= 11 is 1.75. The van der Waals surface area contributed by atoms with Gasteiger partial charge in [-0.3, -0.25) is 4.68 Å². The van der Waals surface area contributed by atoms with Gasteiger partial charge in [0.2, 0.25) is 0 Å². The highest BCUT2D eigenvalue weighted by Gasteiger charge is 2.18. The molecule has 0 fully saturated rings. The molecule has 0 aliphatic heterocycles. The van der Waals surface area contributed by atoms with Crippen molar-refractivity contribution in [3.63, 3.8) is 0 Å². The Hall–Kier alpha value is -1.20. The Morgan fingerprint density at radius 3 is 2.71 bits per heavy atom. The number of nitrogens with one attached hydrogen (secondary N) is 1. The summed E-state index contributed by atoms with van der Waals surface area (Å²) in [5.41, 5.74) is 2.29. The van der Waals surface area contributed by atoms with Crippen molar-refractivity contribution in [3.8, 4) is 0 Å². The zero-order chi connectivity index (χ0) is 12.4. The van der Waals surface area contributed by atoms with Crippen LogP contribution in [0.15, 0.2) is 12.4 Å². The van der Waals surface area contributed by atoms with Gasteiger partial charge in [0.05, 0.1) is 17.9 Å². The molecule has 0 aromatic carbocycles. The maximum absolute atomic E-state index is 4.61. The first kappa shape index (κ1) is 12.3. The van der Waals surface area contributed by atoms with E-state index in [0.29, 0.717) is 0 Å². The number of aryl methyl sites for hydroxylation is 3. The first-order chi connectivity index (χ1) is 8.15. The molecule has 1 unspecified atom stereocenters. The first-order valence-corrected chi connectivity index (χ1v) is 6.61. The molecule has 0 saturated heterocycles. The van der Waals surface area contributed by atoms with Gasteiger partial charge in [0.15, 0.2) is 0 Å². The van der Waals surface area contributed by atoms with Crippen LogP contribution in [0.2, 0.25) is 0 Å². The average molecular weight is 250 g/mol. The third-order valence-electron chi connectivity index (χ3n) is 2.89. The summed E-state index contributed by atoms with van der Waals surface area (Å²) in [5, 5.41) is 8.73. The summed E-state index contributed by atoms with van der Waals surface area (Å²) in [7, 11) is 1.96. The van der Waals surface area contributed by atoms with E-state index in [1.807, 2.05) is 17.9 Å². The molecule has 2 aromatic rings. The number of hydrogen-bond donors (Lipinski definition) is 1. The van der Waals surface area contributed by atoms with Crippen molar-refractivity contribution in [1.29, 1.82) is 0 Å². The molecular weight excluding hydrogens is 232 g/mol. The zero-order valence-electron chi connectivity index (χ0n) is 10.7. The maximum Gasteiger partial charge on any atom is 0.115 e. The van der Waals surface area contributed by atoms with Gasteiger partial charge in [-0.15, -0.1) is 11.3 Å². The highest BCUT2D eigenvalue weighted by atomic mass is 32.1. The summed E-state index contributed by atoms with van der Waals surface area (Å²) in [4.78, 5) is 5.89. The van der Waals surface area contributed by atoms with E-state index in [1.165, 1.54) is 10.4 Å². The minimum atomic E-state index is 0.146. The van der Waals surface area contributed by atoms with Crippen LogP contribution in [0.3, 0.4) is 0 Å². The van der Waals surface area contributed by atoms with E-state index >= 15 is 0 Å². The Morgan fingerprint density at radius 2 is 2.24 bits per heavy atom. The molecule has 2 rings (SSSR count). The van der Waals surface area contributed by atoms with Gasteiger partial charge in [-0.25, -0.2) is 4.98 Å². The molecular formula is C12H18N4S. The number of hydrogen-bond acceptors (Lipinski definition) is 4. The van der Waals surface area contributed by atoms with Crippen LogP contribution >= 0.6 is 11.3 Å². The van der Waals surface area contributed by atoms with Crippen LogP contribution < -0.4 is 5.32 Å². The van der Waals surface area contributed by atoms with Gasteiger partial charge >= 0.3 is 0 Å². The van der Waals surface area contributed by atoms with Crippen molar-refractivity contribution in [2.75, 3.05) is 7.05 Å². The standard InChI is InChI=1S/C12H18N4S/c1-5-16-7-10(6-14-16)11(13-4)12-15-8(2)9(3)17-12/h6-7,11,13H,5H2,1-4H3. The Kier molecular flexibility index (Phi) is 3.59. The fraction of sp³-hybridized carbons (Fsp3) is 0.500. The molecule has 0 spiro atoms. The zero-order valence-corrected chi connectivity index (χ0v) is 11.5. The largest absolute Gasteiger partial charge is 0.307 e. The second-order valence-electron chi connectivity index (χ2n) is 4.04. The van der Waals surface area contributed by atoms with E-state index in [-0.39, 0.29) is 6.04 Å². The molecule has 0 bridgehead atoms. The van der Waals surface area contributed by atoms with E-state index in [1.54, 1.807) is 11.3 Å². The average Bonchev–Trinajstić information content (AvgIpc) is 2.89. The molecule has 17 heavy (non-hydrogen) atoms. The molecule has 4 nitrogen and oxygen atoms in total. The molecule has 0 aliphatic rings. The van der Waals surface area contributed by atoms with E-state index in [0.717, 1.165) is 17.2 Å². The van der Waals surface area contributed by atoms with Crippen LogP contribution in [0.1, 0.15) is 34.1 Å². The predicted molar refractivity (Wildman–Crippen MR) is 70.4 cm³/mol. The van der Waals surface area contributed by atoms with Crippen LogP contribution in [0.25, 0.3) is 0 Å². The van der Waals surface area contributed by atoms with Crippen LogP contribution in [0, 0.1) is 13.8 Å². The quantitative estimate of drug-likeness (QED) is 0.905. The summed E-state index contributed by atoms with van der Waals surface area (Å²) in [5.74, 6) is 0. The lowest BCUT2D eigenvalue weighted by Crippen LogP contribution is -2.17. The fourth-order valence-corrected chi connectivity index (χ4v) is 2.82. The van der Waals surface area contributed by atoms with E-state index < -0.39 is 0 Å². The lowest BCUT2D eigenvalue weighted by atomic mass is 10.2. The molecule has 0 amide bonds. The van der Waals surface area contributed by atoms with Crippen molar-refractivity contribution in [2.45, 2.75) is 33.4 Å². The molecule has 92 valence electrons. The minimum Gasteiger partial charge on any atom is -0.307 e. The monoisotopic (exact) mass is 250 g/mol. The van der Waals surface area contributed by atoms with Gasteiger partial charge in [0, 0.05) is 23.2 Å². The van der Waals surface area contributed by atoms with Gasteiger partial charge in [-0.2, -0.15) is 5.10 Å². The molecule has 1 N–H and O–H groups in total. The van der Waals surface area contributed by atoms with Crippen LogP contribution in [0.4, 0.5) is 0 Å². The fourth-order valence-electron chi connectivity index (χ4n) is 1.76. The second kappa shape index (κ2) is 4.98. The number of rotatable bonds is 4. The van der Waals surface area contributed by atoms with Gasteiger partial charge < -0.3 is 5.32 Å². The second-order valence-corrected chi connectivity index (χ2v) is 5.28. The number of nitrogens with zero attached hydrogens (tertiary/aromatic N) is 3. The van der Waals surface area contributed by atoms with Crippen molar-refractivity contribution in [1.82, 2.24) is 20.1 Å². The minimum absolute atomic E-state index is 0.146. The predicted octanol–water partition coefficient (Wildman–Crippen LogP) is 2.29. The Labute approximate surface area is 106 Å². The molecule has 0 aliphatic carbocycles. The smallest absolute Gasteiger partial charge is 0.115 e. The van der Waals surface area contributed by atoms with Crippen molar-refractivity contribution in [2.24, 2.45) is 0 Å². The molecule has 2 heterocycles. The number of aromatic nitrogens is 3. The molecule has 2 aromatic heterocycles. The van der Waals surface area contributed by atoms with Gasteiger partial charge in [0.1, 0.15) is 5.01 Å². The van der Waals surface area contributed by atoms with Gasteiger partial charge in [0.25, 0.3) is 0 Å². The normalized spacial score (nSPS) is 12.9. The molecule has 1 atom stereocenters. The van der Waals surface area contributed by atoms with Crippen LogP contribution in [-0.4, -0.2) is 21.8 Å². The third kappa shape index (κ3) is 2.40. The highest BCUT2D eigenvalue weighted by Crippen LogP contribution is 2.27. The highest BCUT2D eigenvalue weighted by molar-refractivity contribution is 7.11. The van der Waals surface area contributed by atoms with E-state index in [4.69, 9.17) is 0 Å². The molecule has 0 radical (unpaired) electrons. The Morgan fingerprint density at radius 1 is 1.47 bits per heavy atom. The van der Waals surface area contributed by atoms with Crippen molar-refractivity contribution in [3.05, 3.63) is 33.5 Å². The summed E-state index contributed by atoms with van der Waals surface area (Å²) in [6.07, 6.45) is 3.99. The molecule has 5 heteroatoms. The van der Waals surface area contributed by atoms with Crippen molar-refractivity contribution < 1.29 is 0 Å². The van der Waals surface area contributed by atoms with Crippen LogP contribution in [-0.2, 0) is 6.54 Å². The third-order valence-corrected chi connectivity index (χ3v) is 4.03. The van der Waals surface area contributed by atoms with Gasteiger partial charge in [-0.05, 0) is 27.8 Å². The van der Waals surface area contributed by atoms with E-state index in [9.17, 15) is 0 Å². The summed E-state index contributed by atoms with van der Waals surface area (Å²) < 4.78 is 1.94. The van der Waals surface area contributed by atoms with Crippen LogP contribution in [0.5, 0.6) is 0 Å². The Balaban J connectivity index is 2.32. The topological polar surface area (TPSA) is 42.7 Å². The maximum atomic E-state index is 4.61. The molecule has 0 saturated carbocycles. The van der Waals surface area contributed by atoms with Gasteiger partial charge in [-0.1, -0.05) is 0 Å². The lowest BCUT2D eigenvalue weighted by Gasteiger charge is -2.10. The summed E-state index contributed by atoms with van der Waals surface area (Å²) in [6, 6.07) is 0.146. The number of thiazole rings is 1. The first-order valence-electron chi connectivity index (χ1n) is 5.79. The lowest BCUT2D eigenvalue weighted by molar-refractivity contribution is 0.652. The van der Waals surface area contributed by atoms with E-state index in [2.05, 4.69) is 42.4 Å². The SMILES string of the molecule is CCn1cc(C(NC)c2nc(C)c(C)s2)cn1. The Bertz CT molecular complexity index is 481. The summed E-state index contributed by atoms with van der Waals surface area (Å²) in [6.45, 7) is 7.14. The van der Waals surface area contributed by atoms with Crippen molar-refractivity contribution >= 4 is 11.3 Å².